The van der Waals surface area contributed by atoms with Crippen LogP contribution in [0.25, 0.3) is 0 Å². The fraction of sp³-hybridized carbons (Fsp3) is 1.00. The smallest absolute Gasteiger partial charge is 0.00366 e. The molecule has 112 valence electrons. The van der Waals surface area contributed by atoms with E-state index in [1.54, 1.807) is 0 Å². The van der Waals surface area contributed by atoms with Crippen molar-refractivity contribution < 1.29 is 0 Å². The van der Waals surface area contributed by atoms with Crippen molar-refractivity contribution in [3.05, 3.63) is 0 Å². The van der Waals surface area contributed by atoms with Crippen LogP contribution < -0.4 is 5.73 Å². The van der Waals surface area contributed by atoms with Crippen LogP contribution in [0, 0.1) is 5.92 Å². The lowest BCUT2D eigenvalue weighted by atomic mass is 9.96. The maximum absolute atomic E-state index is 5.98. The minimum atomic E-state index is 0.424. The predicted octanol–water partition coefficient (Wildman–Crippen LogP) is 2.31. The van der Waals surface area contributed by atoms with E-state index in [1.807, 2.05) is 0 Å². The minimum absolute atomic E-state index is 0.424. The van der Waals surface area contributed by atoms with E-state index in [2.05, 4.69) is 16.7 Å². The van der Waals surface area contributed by atoms with E-state index in [0.717, 1.165) is 12.3 Å². The van der Waals surface area contributed by atoms with Gasteiger partial charge in [0, 0.05) is 12.6 Å². The summed E-state index contributed by atoms with van der Waals surface area (Å²) in [4.78, 5) is 5.34. The summed E-state index contributed by atoms with van der Waals surface area (Å²) < 4.78 is 0. The second kappa shape index (κ2) is 8.23. The van der Waals surface area contributed by atoms with Gasteiger partial charge in [0.15, 0.2) is 0 Å². The fourth-order valence-corrected chi connectivity index (χ4v) is 3.50. The van der Waals surface area contributed by atoms with E-state index in [0.29, 0.717) is 6.04 Å². The standard InChI is InChI=1S/C16H33N3/c1-2-16(17)6-5-11-18-12-7-15(8-13-18)14-19-9-3-4-10-19/h15-16H,2-14,17H2,1H3. The molecular weight excluding hydrogens is 234 g/mol. The topological polar surface area (TPSA) is 32.5 Å². The highest BCUT2D eigenvalue weighted by atomic mass is 15.2. The molecule has 2 aliphatic rings. The Bertz CT molecular complexity index is 230. The predicted molar refractivity (Wildman–Crippen MR) is 82.3 cm³/mol. The van der Waals surface area contributed by atoms with E-state index in [9.17, 15) is 0 Å². The van der Waals surface area contributed by atoms with Crippen LogP contribution in [0.15, 0.2) is 0 Å². The van der Waals surface area contributed by atoms with E-state index in [1.165, 1.54) is 77.8 Å². The first kappa shape index (κ1) is 15.3. The van der Waals surface area contributed by atoms with Crippen molar-refractivity contribution in [2.45, 2.75) is 57.9 Å². The lowest BCUT2D eigenvalue weighted by Crippen LogP contribution is -2.38. The van der Waals surface area contributed by atoms with Crippen molar-refractivity contribution in [1.29, 1.82) is 0 Å². The lowest BCUT2D eigenvalue weighted by Gasteiger charge is -2.34. The maximum atomic E-state index is 5.98. The second-order valence-electron chi connectivity index (χ2n) is 6.60. The molecule has 3 nitrogen and oxygen atoms in total. The van der Waals surface area contributed by atoms with Crippen molar-refractivity contribution in [2.75, 3.05) is 39.3 Å². The number of nitrogens with two attached hydrogens (primary N) is 1. The fourth-order valence-electron chi connectivity index (χ4n) is 3.50. The third-order valence-corrected chi connectivity index (χ3v) is 5.00. The molecule has 0 bridgehead atoms. The number of hydrogen-bond donors (Lipinski definition) is 1. The maximum Gasteiger partial charge on any atom is 0.00366 e. The third-order valence-electron chi connectivity index (χ3n) is 5.00. The first-order chi connectivity index (χ1) is 9.28. The van der Waals surface area contributed by atoms with Gasteiger partial charge in [-0.1, -0.05) is 6.92 Å². The Morgan fingerprint density at radius 2 is 1.74 bits per heavy atom. The molecular formula is C16H33N3. The minimum Gasteiger partial charge on any atom is -0.328 e. The van der Waals surface area contributed by atoms with Crippen LogP contribution in [0.5, 0.6) is 0 Å². The molecule has 3 heteroatoms. The van der Waals surface area contributed by atoms with Gasteiger partial charge in [-0.3, -0.25) is 0 Å². The van der Waals surface area contributed by atoms with Gasteiger partial charge in [0.05, 0.1) is 0 Å². The number of nitrogens with zero attached hydrogens (tertiary/aromatic N) is 2. The van der Waals surface area contributed by atoms with Gasteiger partial charge in [-0.2, -0.15) is 0 Å². The van der Waals surface area contributed by atoms with Gasteiger partial charge in [0.25, 0.3) is 0 Å². The van der Waals surface area contributed by atoms with Gasteiger partial charge < -0.3 is 15.5 Å². The van der Waals surface area contributed by atoms with Crippen molar-refractivity contribution in [3.8, 4) is 0 Å². The average Bonchev–Trinajstić information content (AvgIpc) is 2.93. The van der Waals surface area contributed by atoms with Gasteiger partial charge in [-0.15, -0.1) is 0 Å². The van der Waals surface area contributed by atoms with E-state index in [4.69, 9.17) is 5.73 Å². The SMILES string of the molecule is CCC(N)CCCN1CCC(CN2CCCC2)CC1. The van der Waals surface area contributed by atoms with E-state index >= 15 is 0 Å². The zero-order valence-electron chi connectivity index (χ0n) is 12.8. The third kappa shape index (κ3) is 5.41. The van der Waals surface area contributed by atoms with Crippen LogP contribution >= 0.6 is 0 Å². The van der Waals surface area contributed by atoms with Crippen molar-refractivity contribution >= 4 is 0 Å². The molecule has 2 N–H and O–H groups in total. The molecule has 2 heterocycles. The summed E-state index contributed by atoms with van der Waals surface area (Å²) in [6, 6.07) is 0.424. The number of hydrogen-bond acceptors (Lipinski definition) is 3. The molecule has 0 aromatic carbocycles. The van der Waals surface area contributed by atoms with Crippen LogP contribution in [-0.2, 0) is 0 Å². The highest BCUT2D eigenvalue weighted by Crippen LogP contribution is 2.20. The van der Waals surface area contributed by atoms with Gasteiger partial charge in [0.2, 0.25) is 0 Å². The van der Waals surface area contributed by atoms with Crippen LogP contribution in [0.4, 0.5) is 0 Å². The summed E-state index contributed by atoms with van der Waals surface area (Å²) in [5.74, 6) is 0.965. The molecule has 0 aromatic heterocycles. The summed E-state index contributed by atoms with van der Waals surface area (Å²) >= 11 is 0. The van der Waals surface area contributed by atoms with Crippen molar-refractivity contribution in [3.63, 3.8) is 0 Å². The molecule has 2 saturated heterocycles. The van der Waals surface area contributed by atoms with Crippen LogP contribution in [0.3, 0.4) is 0 Å². The molecule has 19 heavy (non-hydrogen) atoms. The molecule has 0 saturated carbocycles. The molecule has 2 aliphatic heterocycles. The Balaban J connectivity index is 1.54. The molecule has 2 fully saturated rings. The van der Waals surface area contributed by atoms with Gasteiger partial charge >= 0.3 is 0 Å². The van der Waals surface area contributed by atoms with Gasteiger partial charge in [-0.25, -0.2) is 0 Å². The molecule has 0 aromatic rings. The number of rotatable bonds is 7. The summed E-state index contributed by atoms with van der Waals surface area (Å²) in [5, 5.41) is 0. The second-order valence-corrected chi connectivity index (χ2v) is 6.60. The van der Waals surface area contributed by atoms with Crippen molar-refractivity contribution in [1.82, 2.24) is 9.80 Å². The first-order valence-corrected chi connectivity index (χ1v) is 8.48. The molecule has 2 rings (SSSR count). The lowest BCUT2D eigenvalue weighted by molar-refractivity contribution is 0.151. The largest absolute Gasteiger partial charge is 0.328 e. The highest BCUT2D eigenvalue weighted by Gasteiger charge is 2.22. The highest BCUT2D eigenvalue weighted by molar-refractivity contribution is 4.77. The Hall–Kier alpha value is -0.120. The average molecular weight is 267 g/mol. The Morgan fingerprint density at radius 1 is 1.05 bits per heavy atom. The molecule has 1 atom stereocenters. The normalized spacial score (nSPS) is 24.9. The van der Waals surface area contributed by atoms with Gasteiger partial charge in [-0.05, 0) is 83.6 Å². The molecule has 0 amide bonds. The van der Waals surface area contributed by atoms with Crippen LogP contribution in [0.1, 0.15) is 51.9 Å². The Labute approximate surface area is 119 Å². The first-order valence-electron chi connectivity index (χ1n) is 8.48. The monoisotopic (exact) mass is 267 g/mol. The summed E-state index contributed by atoms with van der Waals surface area (Å²) in [7, 11) is 0. The van der Waals surface area contributed by atoms with Gasteiger partial charge in [0.1, 0.15) is 0 Å². The Kier molecular flexibility index (Phi) is 6.62. The van der Waals surface area contributed by atoms with Crippen LogP contribution in [-0.4, -0.2) is 55.1 Å². The van der Waals surface area contributed by atoms with E-state index < -0.39 is 0 Å². The summed E-state index contributed by atoms with van der Waals surface area (Å²) in [6.07, 6.45) is 9.29. The summed E-state index contributed by atoms with van der Waals surface area (Å²) in [5.41, 5.74) is 5.98. The Morgan fingerprint density at radius 3 is 2.37 bits per heavy atom. The zero-order valence-corrected chi connectivity index (χ0v) is 12.8. The number of piperidine rings is 1. The zero-order chi connectivity index (χ0) is 13.5. The quantitative estimate of drug-likeness (QED) is 0.768. The molecule has 0 aliphatic carbocycles. The van der Waals surface area contributed by atoms with E-state index in [-0.39, 0.29) is 0 Å². The number of likely N-dealkylation sites (tertiary alicyclic amines) is 2. The molecule has 0 spiro atoms. The van der Waals surface area contributed by atoms with Crippen molar-refractivity contribution in [2.24, 2.45) is 11.7 Å². The van der Waals surface area contributed by atoms with Crippen LogP contribution in [0.2, 0.25) is 0 Å². The summed E-state index contributed by atoms with van der Waals surface area (Å²) in [6.45, 7) is 10.2. The molecule has 0 radical (unpaired) electrons. The molecule has 1 unspecified atom stereocenters.